The van der Waals surface area contributed by atoms with Crippen LogP contribution in [0.5, 0.6) is 11.5 Å². The number of likely N-dealkylation sites (N-methyl/N-ethyl adjacent to an activating group) is 1. The second-order valence-electron chi connectivity index (χ2n) is 4.95. The quantitative estimate of drug-likeness (QED) is 0.809. The maximum Gasteiger partial charge on any atom is 0.260 e. The minimum absolute atomic E-state index is 0.178. The Kier molecular flexibility index (Phi) is 5.82. The Morgan fingerprint density at radius 2 is 2.04 bits per heavy atom. The number of amides is 1. The molecule has 0 spiro atoms. The molecule has 0 atom stereocenters. The molecule has 1 amide bonds. The first-order chi connectivity index (χ1) is 11.0. The molecule has 0 aliphatic carbocycles. The summed E-state index contributed by atoms with van der Waals surface area (Å²) in [6.45, 7) is 0.151. The molecule has 0 saturated heterocycles. The molecule has 0 heterocycles. The maximum absolute atomic E-state index is 13.1. The van der Waals surface area contributed by atoms with Crippen LogP contribution < -0.4 is 9.47 Å². The number of benzene rings is 2. The fraction of sp³-hybridized carbons (Fsp3) is 0.235. The average Bonchev–Trinajstić information content (AvgIpc) is 2.53. The van der Waals surface area contributed by atoms with Gasteiger partial charge in [0.25, 0.3) is 5.91 Å². The lowest BCUT2D eigenvalue weighted by molar-refractivity contribution is -0.132. The number of methoxy groups -OCH3 is 1. The van der Waals surface area contributed by atoms with E-state index in [9.17, 15) is 9.18 Å². The first-order valence-corrected chi connectivity index (χ1v) is 7.32. The van der Waals surface area contributed by atoms with Crippen LogP contribution in [-0.4, -0.2) is 31.6 Å². The van der Waals surface area contributed by atoms with Gasteiger partial charge in [-0.3, -0.25) is 4.79 Å². The highest BCUT2D eigenvalue weighted by atomic mass is 35.5. The van der Waals surface area contributed by atoms with E-state index in [4.69, 9.17) is 21.1 Å². The van der Waals surface area contributed by atoms with E-state index in [1.165, 1.54) is 23.1 Å². The van der Waals surface area contributed by atoms with Crippen LogP contribution in [0.4, 0.5) is 4.39 Å². The van der Waals surface area contributed by atoms with Crippen LogP contribution in [0, 0.1) is 5.82 Å². The number of hydrogen-bond donors (Lipinski definition) is 0. The van der Waals surface area contributed by atoms with Crippen LogP contribution in [0.3, 0.4) is 0 Å². The van der Waals surface area contributed by atoms with Gasteiger partial charge in [0.05, 0.1) is 7.11 Å². The molecule has 4 nitrogen and oxygen atoms in total. The van der Waals surface area contributed by atoms with E-state index in [-0.39, 0.29) is 12.5 Å². The van der Waals surface area contributed by atoms with Crippen molar-refractivity contribution in [1.82, 2.24) is 4.90 Å². The Labute approximate surface area is 139 Å². The molecular formula is C17H17ClFNO3. The minimum Gasteiger partial charge on any atom is -0.496 e. The van der Waals surface area contributed by atoms with E-state index in [0.29, 0.717) is 23.1 Å². The van der Waals surface area contributed by atoms with Gasteiger partial charge in [0.2, 0.25) is 0 Å². The molecule has 2 aromatic carbocycles. The standard InChI is InChI=1S/C17H17ClFNO3/c1-20(10-12-8-13(18)6-7-16(12)22-2)17(21)11-23-15-5-3-4-14(19)9-15/h3-9H,10-11H2,1-2H3. The minimum atomic E-state index is -0.410. The van der Waals surface area contributed by atoms with Gasteiger partial charge in [0.1, 0.15) is 17.3 Å². The van der Waals surface area contributed by atoms with E-state index >= 15 is 0 Å². The Morgan fingerprint density at radius 3 is 2.74 bits per heavy atom. The highest BCUT2D eigenvalue weighted by Gasteiger charge is 2.13. The van der Waals surface area contributed by atoms with Crippen molar-refractivity contribution in [3.8, 4) is 11.5 Å². The fourth-order valence-corrected chi connectivity index (χ4v) is 2.22. The Hall–Kier alpha value is -2.27. The van der Waals surface area contributed by atoms with Crippen LogP contribution in [0.2, 0.25) is 5.02 Å². The number of carbonyl (C=O) groups is 1. The summed E-state index contributed by atoms with van der Waals surface area (Å²) in [5.74, 6) is 0.315. The molecule has 0 bridgehead atoms. The molecule has 0 radical (unpaired) electrons. The predicted molar refractivity (Wildman–Crippen MR) is 86.4 cm³/mol. The Balaban J connectivity index is 1.96. The zero-order valence-corrected chi connectivity index (χ0v) is 13.6. The van der Waals surface area contributed by atoms with E-state index in [2.05, 4.69) is 0 Å². The van der Waals surface area contributed by atoms with Gasteiger partial charge < -0.3 is 14.4 Å². The summed E-state index contributed by atoms with van der Waals surface area (Å²) in [5, 5.41) is 0.567. The first kappa shape index (κ1) is 17.1. The molecule has 0 N–H and O–H groups in total. The van der Waals surface area contributed by atoms with E-state index in [0.717, 1.165) is 5.56 Å². The van der Waals surface area contributed by atoms with Gasteiger partial charge in [-0.25, -0.2) is 4.39 Å². The molecule has 0 unspecified atom stereocenters. The topological polar surface area (TPSA) is 38.8 Å². The summed E-state index contributed by atoms with van der Waals surface area (Å²) >= 11 is 5.97. The second kappa shape index (κ2) is 7.83. The number of hydrogen-bond acceptors (Lipinski definition) is 3. The van der Waals surface area contributed by atoms with Crippen LogP contribution in [0.25, 0.3) is 0 Å². The molecule has 0 aromatic heterocycles. The van der Waals surface area contributed by atoms with Crippen LogP contribution in [-0.2, 0) is 11.3 Å². The SMILES string of the molecule is COc1ccc(Cl)cc1CN(C)C(=O)COc1cccc(F)c1. The average molecular weight is 338 g/mol. The summed E-state index contributed by atoms with van der Waals surface area (Å²) in [6.07, 6.45) is 0. The lowest BCUT2D eigenvalue weighted by Gasteiger charge is -2.19. The van der Waals surface area contributed by atoms with Crippen LogP contribution in [0.1, 0.15) is 5.56 Å². The molecular weight excluding hydrogens is 321 g/mol. The van der Waals surface area contributed by atoms with Crippen LogP contribution >= 0.6 is 11.6 Å². The normalized spacial score (nSPS) is 10.3. The van der Waals surface area contributed by atoms with Gasteiger partial charge in [0, 0.05) is 30.2 Å². The van der Waals surface area contributed by atoms with Crippen molar-refractivity contribution in [3.05, 3.63) is 58.9 Å². The molecule has 0 aliphatic rings. The number of nitrogens with zero attached hydrogens (tertiary/aromatic N) is 1. The van der Waals surface area contributed by atoms with Crippen molar-refractivity contribution in [2.75, 3.05) is 20.8 Å². The Bertz CT molecular complexity index is 693. The molecule has 122 valence electrons. The zero-order chi connectivity index (χ0) is 16.8. The molecule has 0 aliphatic heterocycles. The summed E-state index contributed by atoms with van der Waals surface area (Å²) in [5.41, 5.74) is 0.793. The largest absolute Gasteiger partial charge is 0.496 e. The highest BCUT2D eigenvalue weighted by molar-refractivity contribution is 6.30. The fourth-order valence-electron chi connectivity index (χ4n) is 2.03. The lowest BCUT2D eigenvalue weighted by atomic mass is 10.2. The summed E-state index contributed by atoms with van der Waals surface area (Å²) in [7, 11) is 3.21. The maximum atomic E-state index is 13.1. The smallest absolute Gasteiger partial charge is 0.260 e. The van der Waals surface area contributed by atoms with Gasteiger partial charge >= 0.3 is 0 Å². The molecule has 2 aromatic rings. The number of carbonyl (C=O) groups excluding carboxylic acids is 1. The van der Waals surface area contributed by atoms with Crippen molar-refractivity contribution < 1.29 is 18.7 Å². The number of rotatable bonds is 6. The first-order valence-electron chi connectivity index (χ1n) is 6.94. The van der Waals surface area contributed by atoms with Gasteiger partial charge in [-0.1, -0.05) is 17.7 Å². The van der Waals surface area contributed by atoms with Crippen molar-refractivity contribution >= 4 is 17.5 Å². The van der Waals surface area contributed by atoms with Crippen molar-refractivity contribution in [2.45, 2.75) is 6.54 Å². The molecule has 0 saturated carbocycles. The molecule has 6 heteroatoms. The number of ether oxygens (including phenoxy) is 2. The Morgan fingerprint density at radius 1 is 1.26 bits per heavy atom. The van der Waals surface area contributed by atoms with Crippen LogP contribution in [0.15, 0.2) is 42.5 Å². The monoisotopic (exact) mass is 337 g/mol. The molecule has 0 fully saturated rings. The zero-order valence-electron chi connectivity index (χ0n) is 12.9. The third kappa shape index (κ3) is 4.86. The van der Waals surface area contributed by atoms with Gasteiger partial charge in [-0.15, -0.1) is 0 Å². The van der Waals surface area contributed by atoms with Crippen molar-refractivity contribution in [1.29, 1.82) is 0 Å². The van der Waals surface area contributed by atoms with E-state index in [1.54, 1.807) is 38.4 Å². The van der Waals surface area contributed by atoms with Gasteiger partial charge in [-0.05, 0) is 30.3 Å². The number of halogens is 2. The predicted octanol–water partition coefficient (Wildman–Crippen LogP) is 3.53. The molecule has 2 rings (SSSR count). The van der Waals surface area contributed by atoms with Gasteiger partial charge in [-0.2, -0.15) is 0 Å². The van der Waals surface area contributed by atoms with Gasteiger partial charge in [0.15, 0.2) is 6.61 Å². The van der Waals surface area contributed by atoms with E-state index in [1.807, 2.05) is 0 Å². The highest BCUT2D eigenvalue weighted by Crippen LogP contribution is 2.23. The summed E-state index contributed by atoms with van der Waals surface area (Å²) in [6, 6.07) is 10.9. The van der Waals surface area contributed by atoms with E-state index < -0.39 is 5.82 Å². The third-order valence-corrected chi connectivity index (χ3v) is 3.47. The lowest BCUT2D eigenvalue weighted by Crippen LogP contribution is -2.31. The third-order valence-electron chi connectivity index (χ3n) is 3.23. The summed E-state index contributed by atoms with van der Waals surface area (Å²) < 4.78 is 23.6. The second-order valence-corrected chi connectivity index (χ2v) is 5.39. The van der Waals surface area contributed by atoms with Crippen molar-refractivity contribution in [3.63, 3.8) is 0 Å². The summed E-state index contributed by atoms with van der Waals surface area (Å²) in [4.78, 5) is 13.6. The molecule has 23 heavy (non-hydrogen) atoms. The van der Waals surface area contributed by atoms with Crippen molar-refractivity contribution in [2.24, 2.45) is 0 Å².